The summed E-state index contributed by atoms with van der Waals surface area (Å²) in [7, 11) is 0. The fourth-order valence-corrected chi connectivity index (χ4v) is 3.26. The number of cyclic esters (lactones) is 1. The molecule has 126 valence electrons. The van der Waals surface area contributed by atoms with Crippen molar-refractivity contribution in [2.75, 3.05) is 11.5 Å². The lowest BCUT2D eigenvalue weighted by atomic mass is 9.93. The summed E-state index contributed by atoms with van der Waals surface area (Å²) in [5.74, 6) is 0. The Balaban J connectivity index is 0.000000880. The molecule has 4 rings (SSSR count). The van der Waals surface area contributed by atoms with Gasteiger partial charge in [-0.2, -0.15) is 0 Å². The first-order valence-electron chi connectivity index (χ1n) is 7.76. The van der Waals surface area contributed by atoms with E-state index in [0.717, 1.165) is 35.2 Å². The van der Waals surface area contributed by atoms with Crippen molar-refractivity contribution in [3.8, 4) is 11.1 Å². The third-order valence-corrected chi connectivity index (χ3v) is 4.41. The van der Waals surface area contributed by atoms with Crippen LogP contribution in [-0.2, 0) is 11.2 Å². The van der Waals surface area contributed by atoms with Crippen molar-refractivity contribution in [1.29, 1.82) is 0 Å². The number of nitrogens with zero attached hydrogens (tertiary/aromatic N) is 5. The zero-order valence-electron chi connectivity index (χ0n) is 13.4. The van der Waals surface area contributed by atoms with Crippen LogP contribution in [0.15, 0.2) is 47.6 Å². The number of hydrogen-bond donors (Lipinski definition) is 1. The standard InChI is InChI=1S/C17H14N4O2.H2N2/c18-20-19-14-5-1-11(2-6-14)12-4-8-16-13(9-12)3-7-15-10-23-17(22)21(15)16;1-2/h1-2,4-6,8-9,15H,3,7,10H2;1H2. The van der Waals surface area contributed by atoms with Gasteiger partial charge in [0, 0.05) is 10.6 Å². The maximum absolute atomic E-state index is 11.9. The van der Waals surface area contributed by atoms with Crippen LogP contribution < -0.4 is 10.4 Å². The van der Waals surface area contributed by atoms with E-state index in [0.29, 0.717) is 12.3 Å². The molecule has 8 heteroatoms. The Morgan fingerprint density at radius 1 is 1.16 bits per heavy atom. The molecule has 0 aromatic heterocycles. The molecular formula is C17H16N6O2. The van der Waals surface area contributed by atoms with Crippen LogP contribution in [0.25, 0.3) is 27.1 Å². The van der Waals surface area contributed by atoms with Gasteiger partial charge in [-0.1, -0.05) is 35.4 Å². The summed E-state index contributed by atoms with van der Waals surface area (Å²) in [5.41, 5.74) is 23.3. The molecule has 0 bridgehead atoms. The maximum Gasteiger partial charge on any atom is 0.414 e. The first kappa shape index (κ1) is 16.5. The normalized spacial score (nSPS) is 17.4. The highest BCUT2D eigenvalue weighted by Crippen LogP contribution is 2.37. The summed E-state index contributed by atoms with van der Waals surface area (Å²) in [5, 5.41) is 3.58. The second-order valence-electron chi connectivity index (χ2n) is 5.72. The molecule has 2 aliphatic heterocycles. The van der Waals surface area contributed by atoms with Crippen molar-refractivity contribution >= 4 is 17.5 Å². The Morgan fingerprint density at radius 3 is 2.60 bits per heavy atom. The lowest BCUT2D eigenvalue weighted by molar-refractivity contribution is -0.143. The van der Waals surface area contributed by atoms with Gasteiger partial charge in [0.15, 0.2) is 0 Å². The molecule has 2 aromatic rings. The molecule has 8 nitrogen and oxygen atoms in total. The van der Waals surface area contributed by atoms with Gasteiger partial charge in [0.25, 0.3) is 0 Å². The third-order valence-electron chi connectivity index (χ3n) is 4.41. The van der Waals surface area contributed by atoms with Crippen LogP contribution in [0.3, 0.4) is 0 Å². The van der Waals surface area contributed by atoms with Crippen LogP contribution in [0.1, 0.15) is 12.0 Å². The van der Waals surface area contributed by atoms with E-state index in [1.165, 1.54) is 0 Å². The Morgan fingerprint density at radius 2 is 1.88 bits per heavy atom. The lowest BCUT2D eigenvalue weighted by Gasteiger charge is -2.29. The van der Waals surface area contributed by atoms with Crippen molar-refractivity contribution in [2.24, 2.45) is 5.11 Å². The summed E-state index contributed by atoms with van der Waals surface area (Å²) in [6, 6.07) is 13.7. The van der Waals surface area contributed by atoms with Gasteiger partial charge in [0.2, 0.25) is 0 Å². The topological polar surface area (TPSA) is 126 Å². The van der Waals surface area contributed by atoms with Gasteiger partial charge >= 0.3 is 6.09 Å². The number of aryl methyl sites for hydroxylation is 1. The SMILES string of the molecule is [N-]=[N+]=Nc1ccc(-c2ccc3c(c2)CCC2COC(=O)N32)cc1.[N-]=[NH2+]. The number of anilines is 1. The number of benzene rings is 2. The number of carbonyl (C=O) groups excluding carboxylic acids is 1. The summed E-state index contributed by atoms with van der Waals surface area (Å²) >= 11 is 0. The van der Waals surface area contributed by atoms with Crippen LogP contribution in [0, 0.1) is 0 Å². The molecule has 0 radical (unpaired) electrons. The number of ether oxygens (including phenoxy) is 1. The number of azide groups is 1. The van der Waals surface area contributed by atoms with E-state index in [1.807, 2.05) is 24.3 Å². The van der Waals surface area contributed by atoms with E-state index in [-0.39, 0.29) is 12.1 Å². The number of carbonyl (C=O) groups is 1. The summed E-state index contributed by atoms with van der Waals surface area (Å²) in [4.78, 5) is 16.4. The zero-order chi connectivity index (χ0) is 17.8. The summed E-state index contributed by atoms with van der Waals surface area (Å²) < 4.78 is 5.16. The van der Waals surface area contributed by atoms with E-state index < -0.39 is 0 Å². The van der Waals surface area contributed by atoms with Crippen LogP contribution in [0.4, 0.5) is 16.2 Å². The van der Waals surface area contributed by atoms with Gasteiger partial charge < -0.3 is 15.8 Å². The molecule has 0 spiro atoms. The van der Waals surface area contributed by atoms with Crippen LogP contribution in [0.2, 0.25) is 0 Å². The quantitative estimate of drug-likeness (QED) is 0.513. The van der Waals surface area contributed by atoms with E-state index in [4.69, 9.17) is 15.8 Å². The van der Waals surface area contributed by atoms with E-state index >= 15 is 0 Å². The van der Waals surface area contributed by atoms with Crippen molar-refractivity contribution in [3.05, 3.63) is 64.0 Å². The van der Waals surface area contributed by atoms with Crippen molar-refractivity contribution < 1.29 is 15.1 Å². The first-order valence-corrected chi connectivity index (χ1v) is 7.76. The van der Waals surface area contributed by atoms with Gasteiger partial charge in [-0.3, -0.25) is 4.90 Å². The molecule has 2 N–H and O–H groups in total. The lowest BCUT2D eigenvalue weighted by Crippen LogP contribution is -2.37. The molecule has 1 fully saturated rings. The number of amides is 1. The zero-order valence-corrected chi connectivity index (χ0v) is 13.4. The molecule has 1 amide bonds. The second kappa shape index (κ2) is 7.02. The highest BCUT2D eigenvalue weighted by atomic mass is 16.6. The molecule has 0 saturated carbocycles. The molecular weight excluding hydrogens is 320 g/mol. The van der Waals surface area contributed by atoms with E-state index in [9.17, 15) is 4.79 Å². The fourth-order valence-electron chi connectivity index (χ4n) is 3.26. The summed E-state index contributed by atoms with van der Waals surface area (Å²) in [6.45, 7) is 0.487. The van der Waals surface area contributed by atoms with Gasteiger partial charge in [0.1, 0.15) is 6.61 Å². The van der Waals surface area contributed by atoms with Gasteiger partial charge in [-0.05, 0) is 47.2 Å². The Kier molecular flexibility index (Phi) is 4.63. The molecule has 1 atom stereocenters. The Labute approximate surface area is 144 Å². The minimum absolute atomic E-state index is 0.170. The number of nitrogens with two attached hydrogens (primary N) is 1. The average Bonchev–Trinajstić information content (AvgIpc) is 3.05. The Hall–Kier alpha value is -3.38. The van der Waals surface area contributed by atoms with E-state index in [1.54, 1.807) is 17.0 Å². The number of hydrogen-bond acceptors (Lipinski definition) is 3. The maximum atomic E-state index is 11.9. The van der Waals surface area contributed by atoms with E-state index in [2.05, 4.69) is 21.6 Å². The second-order valence-corrected chi connectivity index (χ2v) is 5.72. The minimum atomic E-state index is -0.248. The highest BCUT2D eigenvalue weighted by molar-refractivity contribution is 5.92. The highest BCUT2D eigenvalue weighted by Gasteiger charge is 2.37. The third kappa shape index (κ3) is 3.02. The van der Waals surface area contributed by atoms with Gasteiger partial charge in [-0.25, -0.2) is 4.79 Å². The predicted molar refractivity (Wildman–Crippen MR) is 91.9 cm³/mol. The summed E-state index contributed by atoms with van der Waals surface area (Å²) in [6.07, 6.45) is 1.62. The number of rotatable bonds is 2. The van der Waals surface area contributed by atoms with Crippen molar-refractivity contribution in [1.82, 2.24) is 0 Å². The van der Waals surface area contributed by atoms with Gasteiger partial charge in [0.05, 0.1) is 11.7 Å². The predicted octanol–water partition coefficient (Wildman–Crippen LogP) is 3.33. The average molecular weight is 336 g/mol. The van der Waals surface area contributed by atoms with Crippen LogP contribution in [0.5, 0.6) is 0 Å². The molecule has 2 aromatic carbocycles. The molecule has 1 saturated heterocycles. The molecule has 25 heavy (non-hydrogen) atoms. The molecule has 1 unspecified atom stereocenters. The smallest absolute Gasteiger partial charge is 0.414 e. The molecule has 2 aliphatic rings. The number of fused-ring (bicyclic) bond motifs is 3. The minimum Gasteiger partial charge on any atom is -0.510 e. The van der Waals surface area contributed by atoms with Crippen molar-refractivity contribution in [3.63, 3.8) is 0 Å². The Bertz CT molecular complexity index is 845. The van der Waals surface area contributed by atoms with Crippen LogP contribution in [-0.4, -0.2) is 18.7 Å². The van der Waals surface area contributed by atoms with Crippen molar-refractivity contribution in [2.45, 2.75) is 18.9 Å². The largest absolute Gasteiger partial charge is 0.510 e. The monoisotopic (exact) mass is 336 g/mol. The van der Waals surface area contributed by atoms with Gasteiger partial charge in [-0.15, -0.1) is 0 Å². The molecule has 0 aliphatic carbocycles. The first-order chi connectivity index (χ1) is 12.3. The fraction of sp³-hybridized carbons (Fsp3) is 0.235. The van der Waals surface area contributed by atoms with Crippen LogP contribution >= 0.6 is 0 Å². The molecule has 2 heterocycles.